The molecule has 0 radical (unpaired) electrons. The Morgan fingerprint density at radius 1 is 0.871 bits per heavy atom. The average Bonchev–Trinajstić information content (AvgIpc) is 3.35. The van der Waals surface area contributed by atoms with E-state index in [4.69, 9.17) is 0 Å². The second-order valence-corrected chi connectivity index (χ2v) is 11.3. The molecule has 0 aliphatic carbocycles. The van der Waals surface area contributed by atoms with Crippen molar-refractivity contribution in [3.63, 3.8) is 0 Å². The van der Waals surface area contributed by atoms with Gasteiger partial charge in [0.1, 0.15) is 0 Å². The Morgan fingerprint density at radius 2 is 1.68 bits per heavy atom. The fraction of sp³-hybridized carbons (Fsp3) is 0.148. The van der Waals surface area contributed by atoms with Gasteiger partial charge in [0.25, 0.3) is 0 Å². The average molecular weight is 417 g/mol. The quantitative estimate of drug-likeness (QED) is 0.234. The highest BCUT2D eigenvalue weighted by Crippen LogP contribution is 2.55. The molecule has 3 aliphatic rings. The largest absolute Gasteiger partial charge is 0.375 e. The van der Waals surface area contributed by atoms with Gasteiger partial charge in [-0.05, 0) is 42.0 Å². The van der Waals surface area contributed by atoms with Crippen molar-refractivity contribution >= 4 is 41.8 Å². The molecule has 1 aromatic heterocycles. The zero-order valence-corrected chi connectivity index (χ0v) is 18.7. The van der Waals surface area contributed by atoms with E-state index in [1.165, 1.54) is 49.8 Å². The maximum atomic E-state index is 2.65. The van der Waals surface area contributed by atoms with Crippen molar-refractivity contribution in [2.75, 3.05) is 4.81 Å². The monoisotopic (exact) mass is 417 g/mol. The Hall–Kier alpha value is -2.90. The molecular formula is C27H23BN2P+. The summed E-state index contributed by atoms with van der Waals surface area (Å²) in [7, 11) is -0.533. The van der Waals surface area contributed by atoms with Gasteiger partial charge in [0.05, 0.1) is 5.56 Å². The van der Waals surface area contributed by atoms with E-state index in [1.54, 1.807) is 0 Å². The first-order chi connectivity index (χ1) is 15.2. The number of nitrogens with zero attached hydrogens (tertiary/aromatic N) is 2. The third kappa shape index (κ3) is 2.30. The van der Waals surface area contributed by atoms with Crippen LogP contribution < -0.4 is 25.4 Å². The second kappa shape index (κ2) is 6.31. The van der Waals surface area contributed by atoms with Crippen molar-refractivity contribution in [1.82, 2.24) is 0 Å². The first-order valence-electron chi connectivity index (χ1n) is 11.1. The van der Waals surface area contributed by atoms with Crippen LogP contribution in [0.15, 0.2) is 85.1 Å². The van der Waals surface area contributed by atoms with Crippen LogP contribution in [0.25, 0.3) is 11.3 Å². The van der Waals surface area contributed by atoms with Crippen LogP contribution in [0.3, 0.4) is 0 Å². The molecule has 0 spiro atoms. The van der Waals surface area contributed by atoms with E-state index in [9.17, 15) is 0 Å². The summed E-state index contributed by atoms with van der Waals surface area (Å²) in [5.74, 6) is 0.558. The standard InChI is InChI=1S/C27H23BN2P/c1-18(2)19-12-14-21(15-13-19)31-25-11-4-3-9-23(25)30-24-10-5-7-20-17-29-16-6-8-22(28(30)31)27(29)26(20)24/h3-16,18H,17H2,1-2H3/q+1. The van der Waals surface area contributed by atoms with Gasteiger partial charge in [-0.1, -0.05) is 74.5 Å². The smallest absolute Gasteiger partial charge is 0.339 e. The van der Waals surface area contributed by atoms with E-state index in [1.807, 2.05) is 0 Å². The van der Waals surface area contributed by atoms with E-state index in [0.717, 1.165) is 6.54 Å². The number of fused-ring (bicyclic) bond motifs is 5. The van der Waals surface area contributed by atoms with E-state index in [0.29, 0.717) is 12.5 Å². The normalized spacial score (nSPS) is 17.1. The summed E-state index contributed by atoms with van der Waals surface area (Å²) in [4.78, 5) is 2.65. The minimum Gasteiger partial charge on any atom is -0.375 e. The number of rotatable bonds is 2. The molecule has 0 fully saturated rings. The molecule has 4 heterocycles. The number of pyridine rings is 1. The fourth-order valence-electron chi connectivity index (χ4n) is 5.66. The molecule has 1 atom stereocenters. The lowest BCUT2D eigenvalue weighted by Gasteiger charge is -2.33. The molecule has 0 N–H and O–H groups in total. The topological polar surface area (TPSA) is 7.12 Å². The molecule has 31 heavy (non-hydrogen) atoms. The number of para-hydroxylation sites is 1. The molecule has 0 saturated heterocycles. The molecule has 1 unspecified atom stereocenters. The number of hydrogen-bond acceptors (Lipinski definition) is 1. The van der Waals surface area contributed by atoms with Gasteiger partial charge in [-0.15, -0.1) is 0 Å². The van der Waals surface area contributed by atoms with Crippen molar-refractivity contribution in [1.29, 1.82) is 0 Å². The number of anilines is 2. The van der Waals surface area contributed by atoms with Crippen molar-refractivity contribution in [3.8, 4) is 11.3 Å². The minimum absolute atomic E-state index is 0.348. The molecule has 2 nitrogen and oxygen atoms in total. The first kappa shape index (κ1) is 17.8. The van der Waals surface area contributed by atoms with E-state index < -0.39 is 7.80 Å². The third-order valence-corrected chi connectivity index (χ3v) is 9.82. The lowest BCUT2D eigenvalue weighted by Crippen LogP contribution is -2.51. The van der Waals surface area contributed by atoms with Crippen LogP contribution in [0, 0.1) is 0 Å². The van der Waals surface area contributed by atoms with Crippen LogP contribution in [0.1, 0.15) is 30.9 Å². The van der Waals surface area contributed by atoms with E-state index in [-0.39, 0.29) is 0 Å². The van der Waals surface area contributed by atoms with Gasteiger partial charge >= 0.3 is 6.57 Å². The van der Waals surface area contributed by atoms with Crippen molar-refractivity contribution in [3.05, 3.63) is 96.2 Å². The van der Waals surface area contributed by atoms with E-state index in [2.05, 4.69) is 108 Å². The Bertz CT molecular complexity index is 1360. The predicted octanol–water partition coefficient (Wildman–Crippen LogP) is 4.42. The van der Waals surface area contributed by atoms with Crippen molar-refractivity contribution in [2.45, 2.75) is 26.3 Å². The highest BCUT2D eigenvalue weighted by Gasteiger charge is 2.52. The van der Waals surface area contributed by atoms with Gasteiger partial charge in [-0.3, -0.25) is 0 Å². The molecular weight excluding hydrogens is 394 g/mol. The molecule has 7 rings (SSSR count). The zero-order chi connectivity index (χ0) is 20.7. The Balaban J connectivity index is 1.51. The van der Waals surface area contributed by atoms with Gasteiger partial charge < -0.3 is 4.81 Å². The maximum Gasteiger partial charge on any atom is 0.339 e. The van der Waals surface area contributed by atoms with E-state index >= 15 is 0 Å². The van der Waals surface area contributed by atoms with Gasteiger partial charge in [0, 0.05) is 28.5 Å². The molecule has 3 aliphatic heterocycles. The third-order valence-electron chi connectivity index (χ3n) is 7.07. The van der Waals surface area contributed by atoms with Crippen molar-refractivity contribution in [2.24, 2.45) is 0 Å². The molecule has 3 aromatic carbocycles. The van der Waals surface area contributed by atoms with Crippen LogP contribution in [0.2, 0.25) is 0 Å². The zero-order valence-electron chi connectivity index (χ0n) is 17.8. The summed E-state index contributed by atoms with van der Waals surface area (Å²) in [5.41, 5.74) is 9.98. The molecule has 148 valence electrons. The Kier molecular flexibility index (Phi) is 3.61. The first-order valence-corrected chi connectivity index (χ1v) is 12.6. The van der Waals surface area contributed by atoms with Crippen LogP contribution in [0.5, 0.6) is 0 Å². The summed E-state index contributed by atoms with van der Waals surface area (Å²) in [6.45, 7) is 5.87. The lowest BCUT2D eigenvalue weighted by molar-refractivity contribution is -0.671. The fourth-order valence-corrected chi connectivity index (χ4v) is 8.60. The second-order valence-electron chi connectivity index (χ2n) is 9.10. The SMILES string of the molecule is CC(C)c1ccc(P2B3c4ccc[n+]5c4-c4c(cccc4N3c3ccccc32)C5)cc1. The molecule has 0 bridgehead atoms. The van der Waals surface area contributed by atoms with Crippen LogP contribution >= 0.6 is 7.80 Å². The highest BCUT2D eigenvalue weighted by molar-refractivity contribution is 8.04. The minimum atomic E-state index is -0.533. The highest BCUT2D eigenvalue weighted by atomic mass is 31.1. The van der Waals surface area contributed by atoms with Crippen LogP contribution in [0.4, 0.5) is 11.4 Å². The summed E-state index contributed by atoms with van der Waals surface area (Å²) in [5, 5.41) is 2.97. The summed E-state index contributed by atoms with van der Waals surface area (Å²) in [6, 6.07) is 30.0. The molecule has 0 saturated carbocycles. The predicted molar refractivity (Wildman–Crippen MR) is 132 cm³/mol. The number of aromatic nitrogens is 1. The Morgan fingerprint density at radius 3 is 2.52 bits per heavy atom. The summed E-state index contributed by atoms with van der Waals surface area (Å²) in [6.07, 6.45) is 2.25. The van der Waals surface area contributed by atoms with Crippen LogP contribution in [-0.2, 0) is 6.54 Å². The van der Waals surface area contributed by atoms with Crippen molar-refractivity contribution < 1.29 is 4.57 Å². The Labute approximate surface area is 185 Å². The molecule has 4 aromatic rings. The lowest BCUT2D eigenvalue weighted by atomic mass is 9.71. The van der Waals surface area contributed by atoms with Crippen LogP contribution in [-0.4, -0.2) is 6.57 Å². The summed E-state index contributed by atoms with van der Waals surface area (Å²) < 4.78 is 2.46. The number of hydrogen-bond donors (Lipinski definition) is 0. The van der Waals surface area contributed by atoms with Gasteiger partial charge in [-0.25, -0.2) is 0 Å². The van der Waals surface area contributed by atoms with Gasteiger partial charge in [0.2, 0.25) is 5.69 Å². The number of benzene rings is 3. The molecule has 0 amide bonds. The van der Waals surface area contributed by atoms with Gasteiger partial charge in [-0.2, -0.15) is 4.57 Å². The maximum absolute atomic E-state index is 2.65. The molecule has 4 heteroatoms. The van der Waals surface area contributed by atoms with Gasteiger partial charge in [0.15, 0.2) is 12.7 Å². The summed E-state index contributed by atoms with van der Waals surface area (Å²) >= 11 is 0.